The van der Waals surface area contributed by atoms with Crippen LogP contribution in [0.15, 0.2) is 41.3 Å². The first-order valence-corrected chi connectivity index (χ1v) is 7.42. The van der Waals surface area contributed by atoms with Gasteiger partial charge in [0.15, 0.2) is 11.5 Å². The molecule has 110 valence electrons. The molecule has 0 saturated heterocycles. The number of nitrogens with two attached hydrogens (primary N) is 1. The van der Waals surface area contributed by atoms with E-state index in [1.165, 1.54) is 24.3 Å². The smallest absolute Gasteiger partial charge is 0.264 e. The quantitative estimate of drug-likeness (QED) is 0.845. The van der Waals surface area contributed by atoms with E-state index in [2.05, 4.69) is 4.72 Å². The van der Waals surface area contributed by atoms with Gasteiger partial charge in [-0.3, -0.25) is 4.72 Å². The molecule has 3 rings (SSSR count). The van der Waals surface area contributed by atoms with E-state index in [1.54, 1.807) is 6.07 Å². The average molecular weight is 310 g/mol. The third kappa shape index (κ3) is 2.45. The molecule has 0 bridgehead atoms. The minimum Gasteiger partial charge on any atom is -0.454 e. The Kier molecular flexibility index (Phi) is 3.09. The van der Waals surface area contributed by atoms with Gasteiger partial charge in [-0.25, -0.2) is 12.8 Å². The van der Waals surface area contributed by atoms with Crippen molar-refractivity contribution in [3.05, 3.63) is 42.2 Å². The number of hydrogen-bond acceptors (Lipinski definition) is 5. The van der Waals surface area contributed by atoms with E-state index in [1.807, 2.05) is 0 Å². The number of benzene rings is 2. The Bertz CT molecular complexity index is 808. The van der Waals surface area contributed by atoms with Gasteiger partial charge in [-0.2, -0.15) is 0 Å². The van der Waals surface area contributed by atoms with Crippen molar-refractivity contribution < 1.29 is 22.3 Å². The standard InChI is InChI=1S/C13H11FN2O4S/c14-9-2-1-3-12(13(9)15)21(17,18)16-8-4-5-10-11(6-8)20-7-19-10/h1-6,16H,7,15H2. The number of rotatable bonds is 3. The van der Waals surface area contributed by atoms with E-state index < -0.39 is 21.5 Å². The number of ether oxygens (including phenoxy) is 2. The number of nitrogen functional groups attached to an aromatic ring is 1. The Morgan fingerprint density at radius 1 is 1.14 bits per heavy atom. The van der Waals surface area contributed by atoms with Gasteiger partial charge in [-0.1, -0.05) is 6.07 Å². The average Bonchev–Trinajstić information content (AvgIpc) is 2.88. The molecule has 1 heterocycles. The van der Waals surface area contributed by atoms with E-state index in [0.29, 0.717) is 11.5 Å². The minimum atomic E-state index is -4.00. The van der Waals surface area contributed by atoms with Crippen LogP contribution in [0.25, 0.3) is 0 Å². The maximum Gasteiger partial charge on any atom is 0.264 e. The summed E-state index contributed by atoms with van der Waals surface area (Å²) in [6, 6.07) is 8.17. The Balaban J connectivity index is 1.95. The fourth-order valence-corrected chi connectivity index (χ4v) is 3.11. The molecule has 2 aromatic carbocycles. The highest BCUT2D eigenvalue weighted by molar-refractivity contribution is 7.92. The molecule has 0 aromatic heterocycles. The predicted molar refractivity (Wildman–Crippen MR) is 74.2 cm³/mol. The molecular formula is C13H11FN2O4S. The van der Waals surface area contributed by atoms with Crippen molar-refractivity contribution in [1.29, 1.82) is 0 Å². The van der Waals surface area contributed by atoms with Crippen molar-refractivity contribution in [3.63, 3.8) is 0 Å². The highest BCUT2D eigenvalue weighted by Crippen LogP contribution is 2.35. The molecule has 0 amide bonds. The molecule has 0 atom stereocenters. The number of hydrogen-bond donors (Lipinski definition) is 2. The molecule has 2 aromatic rings. The first kappa shape index (κ1) is 13.5. The second-order valence-electron chi connectivity index (χ2n) is 4.33. The fourth-order valence-electron chi connectivity index (χ4n) is 1.92. The third-order valence-corrected chi connectivity index (χ3v) is 4.37. The van der Waals surface area contributed by atoms with Gasteiger partial charge in [0, 0.05) is 6.07 Å². The lowest BCUT2D eigenvalue weighted by Gasteiger charge is -2.10. The van der Waals surface area contributed by atoms with E-state index in [9.17, 15) is 12.8 Å². The minimum absolute atomic E-state index is 0.0857. The summed E-state index contributed by atoms with van der Waals surface area (Å²) >= 11 is 0. The molecule has 0 unspecified atom stereocenters. The molecule has 1 aliphatic rings. The Morgan fingerprint density at radius 2 is 1.90 bits per heavy atom. The van der Waals surface area contributed by atoms with Gasteiger partial charge >= 0.3 is 0 Å². The summed E-state index contributed by atoms with van der Waals surface area (Å²) in [5.41, 5.74) is 5.32. The van der Waals surface area contributed by atoms with E-state index in [-0.39, 0.29) is 17.4 Å². The highest BCUT2D eigenvalue weighted by Gasteiger charge is 2.21. The molecule has 8 heteroatoms. The normalized spacial score (nSPS) is 13.2. The number of para-hydroxylation sites is 1. The number of nitrogens with one attached hydrogen (secondary N) is 1. The van der Waals surface area contributed by atoms with Crippen molar-refractivity contribution in [1.82, 2.24) is 0 Å². The van der Waals surface area contributed by atoms with Crippen molar-refractivity contribution >= 4 is 21.4 Å². The Labute approximate surface area is 120 Å². The van der Waals surface area contributed by atoms with Gasteiger partial charge < -0.3 is 15.2 Å². The molecule has 0 spiro atoms. The van der Waals surface area contributed by atoms with Crippen LogP contribution in [0.4, 0.5) is 15.8 Å². The second-order valence-corrected chi connectivity index (χ2v) is 5.98. The van der Waals surface area contributed by atoms with Crippen LogP contribution in [0.2, 0.25) is 0 Å². The van der Waals surface area contributed by atoms with Crippen molar-refractivity contribution in [2.24, 2.45) is 0 Å². The molecule has 0 aliphatic carbocycles. The molecule has 3 N–H and O–H groups in total. The molecule has 21 heavy (non-hydrogen) atoms. The zero-order chi connectivity index (χ0) is 15.0. The van der Waals surface area contributed by atoms with Gasteiger partial charge in [0.25, 0.3) is 10.0 Å². The van der Waals surface area contributed by atoms with Crippen LogP contribution in [0.1, 0.15) is 0 Å². The summed E-state index contributed by atoms with van der Waals surface area (Å²) in [4.78, 5) is -0.319. The lowest BCUT2D eigenvalue weighted by Crippen LogP contribution is -2.15. The molecule has 0 saturated carbocycles. The number of fused-ring (bicyclic) bond motifs is 1. The third-order valence-electron chi connectivity index (χ3n) is 2.93. The molecule has 0 fully saturated rings. The first-order valence-electron chi connectivity index (χ1n) is 5.94. The van der Waals surface area contributed by atoms with Crippen LogP contribution in [-0.4, -0.2) is 15.2 Å². The van der Waals surface area contributed by atoms with Gasteiger partial charge in [-0.05, 0) is 24.3 Å². The van der Waals surface area contributed by atoms with E-state index in [4.69, 9.17) is 15.2 Å². The number of anilines is 2. The Morgan fingerprint density at radius 3 is 2.71 bits per heavy atom. The van der Waals surface area contributed by atoms with Crippen LogP contribution >= 0.6 is 0 Å². The summed E-state index contributed by atoms with van der Waals surface area (Å²) in [6.07, 6.45) is 0. The second kappa shape index (κ2) is 4.81. The summed E-state index contributed by atoms with van der Waals surface area (Å²) in [7, 11) is -4.00. The number of halogens is 1. The van der Waals surface area contributed by atoms with Crippen molar-refractivity contribution in [2.45, 2.75) is 4.90 Å². The summed E-state index contributed by atoms with van der Waals surface area (Å²) in [5.74, 6) is 0.175. The van der Waals surface area contributed by atoms with Gasteiger partial charge in [0.1, 0.15) is 10.7 Å². The zero-order valence-corrected chi connectivity index (χ0v) is 11.5. The molecular weight excluding hydrogens is 299 g/mol. The molecule has 6 nitrogen and oxygen atoms in total. The SMILES string of the molecule is Nc1c(F)cccc1S(=O)(=O)Nc1ccc2c(c1)OCO2. The lowest BCUT2D eigenvalue weighted by atomic mass is 10.3. The van der Waals surface area contributed by atoms with Crippen LogP contribution < -0.4 is 19.9 Å². The summed E-state index contributed by atoms with van der Waals surface area (Å²) < 4.78 is 50.5. The lowest BCUT2D eigenvalue weighted by molar-refractivity contribution is 0.174. The summed E-state index contributed by atoms with van der Waals surface area (Å²) in [5, 5.41) is 0. The van der Waals surface area contributed by atoms with Gasteiger partial charge in [-0.15, -0.1) is 0 Å². The number of sulfonamides is 1. The van der Waals surface area contributed by atoms with E-state index in [0.717, 1.165) is 6.07 Å². The van der Waals surface area contributed by atoms with Crippen LogP contribution in [-0.2, 0) is 10.0 Å². The topological polar surface area (TPSA) is 90.7 Å². The zero-order valence-electron chi connectivity index (χ0n) is 10.7. The predicted octanol–water partition coefficient (Wildman–Crippen LogP) is 1.94. The van der Waals surface area contributed by atoms with E-state index >= 15 is 0 Å². The first-order chi connectivity index (χ1) is 9.97. The highest BCUT2D eigenvalue weighted by atomic mass is 32.2. The van der Waals surface area contributed by atoms with Crippen molar-refractivity contribution in [2.75, 3.05) is 17.2 Å². The van der Waals surface area contributed by atoms with Crippen molar-refractivity contribution in [3.8, 4) is 11.5 Å². The largest absolute Gasteiger partial charge is 0.454 e. The fraction of sp³-hybridized carbons (Fsp3) is 0.0769. The maximum absolute atomic E-state index is 13.4. The Hall–Kier alpha value is -2.48. The van der Waals surface area contributed by atoms with Crippen LogP contribution in [0.3, 0.4) is 0 Å². The monoisotopic (exact) mass is 310 g/mol. The van der Waals surface area contributed by atoms with Gasteiger partial charge in [0.05, 0.1) is 11.4 Å². The maximum atomic E-state index is 13.4. The van der Waals surface area contributed by atoms with Crippen LogP contribution in [0.5, 0.6) is 11.5 Å². The summed E-state index contributed by atoms with van der Waals surface area (Å²) in [6.45, 7) is 0.0857. The van der Waals surface area contributed by atoms with Crippen LogP contribution in [0, 0.1) is 5.82 Å². The molecule has 0 radical (unpaired) electrons. The van der Waals surface area contributed by atoms with Gasteiger partial charge in [0.2, 0.25) is 6.79 Å². The molecule has 1 aliphatic heterocycles.